The minimum Gasteiger partial charge on any atom is -0.358 e. The van der Waals surface area contributed by atoms with Gasteiger partial charge in [-0.1, -0.05) is 41.9 Å². The molecule has 0 saturated heterocycles. The molecule has 0 saturated carbocycles. The first kappa shape index (κ1) is 23.6. The van der Waals surface area contributed by atoms with Crippen molar-refractivity contribution in [3.05, 3.63) is 113 Å². The third-order valence-corrected chi connectivity index (χ3v) is 5.82. The summed E-state index contributed by atoms with van der Waals surface area (Å²) in [6.45, 7) is 0. The van der Waals surface area contributed by atoms with Crippen LogP contribution in [0.3, 0.4) is 0 Å². The number of anilines is 1. The first-order valence-electron chi connectivity index (χ1n) is 10.9. The lowest BCUT2D eigenvalue weighted by atomic mass is 10.1. The second-order valence-electron chi connectivity index (χ2n) is 8.14. The van der Waals surface area contributed by atoms with Crippen molar-refractivity contribution in [1.82, 2.24) is 15.0 Å². The Bertz CT molecular complexity index is 1560. The second-order valence-corrected chi connectivity index (χ2v) is 8.58. The van der Waals surface area contributed by atoms with Gasteiger partial charge in [-0.15, -0.1) is 0 Å². The lowest BCUT2D eigenvalue weighted by Gasteiger charge is -2.11. The van der Waals surface area contributed by atoms with Crippen molar-refractivity contribution >= 4 is 34.2 Å². The van der Waals surface area contributed by atoms with Crippen LogP contribution in [0.15, 0.2) is 85.1 Å². The van der Waals surface area contributed by atoms with Crippen LogP contribution < -0.4 is 5.32 Å². The number of amides is 1. The largest absolute Gasteiger partial charge is 0.416 e. The summed E-state index contributed by atoms with van der Waals surface area (Å²) < 4.78 is 39.0. The standard InChI is InChI=1S/C27H18ClF3N4O/c28-20-9-7-17(8-10-20)24-25-22(11-12-32-25)34-23(35-24)14-16-3-1-6-21(13-16)33-26(36)18-4-2-5-19(15-18)27(29,30)31/h1-13,15,32H,14H2,(H,33,36). The van der Waals surface area contributed by atoms with Crippen LogP contribution >= 0.6 is 11.6 Å². The number of rotatable bonds is 5. The van der Waals surface area contributed by atoms with E-state index < -0.39 is 17.6 Å². The first-order valence-corrected chi connectivity index (χ1v) is 11.3. The maximum atomic E-state index is 13.0. The molecule has 180 valence electrons. The molecule has 5 nitrogen and oxygen atoms in total. The molecule has 0 atom stereocenters. The van der Waals surface area contributed by atoms with Gasteiger partial charge >= 0.3 is 6.18 Å². The summed E-state index contributed by atoms with van der Waals surface area (Å²) >= 11 is 6.03. The van der Waals surface area contributed by atoms with Crippen LogP contribution in [0, 0.1) is 0 Å². The van der Waals surface area contributed by atoms with E-state index in [1.165, 1.54) is 12.1 Å². The number of fused-ring (bicyclic) bond motifs is 1. The molecule has 3 aromatic carbocycles. The molecule has 0 aliphatic heterocycles. The maximum Gasteiger partial charge on any atom is 0.416 e. The first-order chi connectivity index (χ1) is 17.3. The molecular weight excluding hydrogens is 489 g/mol. The van der Waals surface area contributed by atoms with E-state index >= 15 is 0 Å². The van der Waals surface area contributed by atoms with E-state index in [1.807, 2.05) is 24.3 Å². The lowest BCUT2D eigenvalue weighted by Crippen LogP contribution is -2.14. The van der Waals surface area contributed by atoms with Gasteiger partial charge < -0.3 is 10.3 Å². The van der Waals surface area contributed by atoms with Gasteiger partial charge in [0.25, 0.3) is 5.91 Å². The van der Waals surface area contributed by atoms with E-state index in [0.29, 0.717) is 23.0 Å². The Morgan fingerprint density at radius 1 is 0.944 bits per heavy atom. The third kappa shape index (κ3) is 5.08. The highest BCUT2D eigenvalue weighted by atomic mass is 35.5. The van der Waals surface area contributed by atoms with Crippen molar-refractivity contribution in [3.63, 3.8) is 0 Å². The number of H-pyrrole nitrogens is 1. The van der Waals surface area contributed by atoms with E-state index in [-0.39, 0.29) is 5.56 Å². The second kappa shape index (κ2) is 9.47. The Morgan fingerprint density at radius 2 is 1.72 bits per heavy atom. The SMILES string of the molecule is O=C(Nc1cccc(Cc2nc(-c3ccc(Cl)cc3)c3[nH]ccc3n2)c1)c1cccc(C(F)(F)F)c1. The number of aromatic amines is 1. The average molecular weight is 507 g/mol. The predicted molar refractivity (Wildman–Crippen MR) is 133 cm³/mol. The Hall–Kier alpha value is -4.17. The minimum atomic E-state index is -4.53. The van der Waals surface area contributed by atoms with Crippen LogP contribution in [0.4, 0.5) is 18.9 Å². The molecule has 0 fully saturated rings. The van der Waals surface area contributed by atoms with Crippen molar-refractivity contribution in [3.8, 4) is 11.3 Å². The summed E-state index contributed by atoms with van der Waals surface area (Å²) in [5.74, 6) is -0.0540. The Labute approximate surface area is 209 Å². The van der Waals surface area contributed by atoms with E-state index in [4.69, 9.17) is 16.6 Å². The van der Waals surface area contributed by atoms with Crippen LogP contribution in [-0.4, -0.2) is 20.9 Å². The van der Waals surface area contributed by atoms with Gasteiger partial charge in [0, 0.05) is 34.5 Å². The highest BCUT2D eigenvalue weighted by Gasteiger charge is 2.30. The molecule has 2 N–H and O–H groups in total. The molecule has 9 heteroatoms. The van der Waals surface area contributed by atoms with Crippen LogP contribution in [-0.2, 0) is 12.6 Å². The van der Waals surface area contributed by atoms with Crippen LogP contribution in [0.2, 0.25) is 5.02 Å². The van der Waals surface area contributed by atoms with Gasteiger partial charge in [0.2, 0.25) is 0 Å². The number of carbonyl (C=O) groups excluding carboxylic acids is 1. The number of aromatic nitrogens is 3. The van der Waals surface area contributed by atoms with Gasteiger partial charge in [-0.05, 0) is 54.1 Å². The molecule has 5 rings (SSSR count). The number of benzene rings is 3. The van der Waals surface area contributed by atoms with Crippen LogP contribution in [0.5, 0.6) is 0 Å². The summed E-state index contributed by atoms with van der Waals surface area (Å²) in [6.07, 6.45) is -2.34. The Morgan fingerprint density at radius 3 is 2.50 bits per heavy atom. The summed E-state index contributed by atoms with van der Waals surface area (Å²) in [7, 11) is 0. The average Bonchev–Trinajstić information content (AvgIpc) is 3.33. The lowest BCUT2D eigenvalue weighted by molar-refractivity contribution is -0.137. The van der Waals surface area contributed by atoms with Crippen molar-refractivity contribution in [2.45, 2.75) is 12.6 Å². The molecule has 0 unspecified atom stereocenters. The highest BCUT2D eigenvalue weighted by molar-refractivity contribution is 6.30. The maximum absolute atomic E-state index is 13.0. The van der Waals surface area contributed by atoms with Gasteiger partial charge in [0.05, 0.1) is 22.3 Å². The van der Waals surface area contributed by atoms with E-state index in [1.54, 1.807) is 36.5 Å². The Balaban J connectivity index is 1.39. The number of nitrogens with zero attached hydrogens (tertiary/aromatic N) is 2. The molecule has 2 heterocycles. The van der Waals surface area contributed by atoms with E-state index in [0.717, 1.165) is 40.0 Å². The number of hydrogen-bond acceptors (Lipinski definition) is 3. The zero-order chi connectivity index (χ0) is 25.3. The van der Waals surface area contributed by atoms with Crippen molar-refractivity contribution in [2.24, 2.45) is 0 Å². The molecule has 0 aliphatic rings. The molecule has 0 aliphatic carbocycles. The monoisotopic (exact) mass is 506 g/mol. The predicted octanol–water partition coefficient (Wildman–Crippen LogP) is 7.14. The number of hydrogen-bond donors (Lipinski definition) is 2. The molecule has 0 spiro atoms. The fourth-order valence-electron chi connectivity index (χ4n) is 3.87. The van der Waals surface area contributed by atoms with Crippen LogP contribution in [0.25, 0.3) is 22.3 Å². The third-order valence-electron chi connectivity index (χ3n) is 5.57. The van der Waals surface area contributed by atoms with Crippen LogP contribution in [0.1, 0.15) is 27.3 Å². The van der Waals surface area contributed by atoms with Gasteiger partial charge in [0.15, 0.2) is 0 Å². The molecule has 2 aromatic heterocycles. The number of carbonyl (C=O) groups is 1. The van der Waals surface area contributed by atoms with Gasteiger partial charge in [-0.2, -0.15) is 13.2 Å². The van der Waals surface area contributed by atoms with Crippen molar-refractivity contribution < 1.29 is 18.0 Å². The summed E-state index contributed by atoms with van der Waals surface area (Å²) in [5.41, 5.74) is 3.52. The zero-order valence-electron chi connectivity index (χ0n) is 18.6. The molecule has 5 aromatic rings. The Kier molecular flexibility index (Phi) is 6.20. The fourth-order valence-corrected chi connectivity index (χ4v) is 4.00. The van der Waals surface area contributed by atoms with Crippen molar-refractivity contribution in [2.75, 3.05) is 5.32 Å². The minimum absolute atomic E-state index is 0.0796. The summed E-state index contributed by atoms with van der Waals surface area (Å²) in [4.78, 5) is 25.2. The van der Waals surface area contributed by atoms with Gasteiger partial charge in [-0.3, -0.25) is 4.79 Å². The molecule has 1 amide bonds. The number of nitrogens with one attached hydrogen (secondary N) is 2. The highest BCUT2D eigenvalue weighted by Crippen LogP contribution is 2.30. The van der Waals surface area contributed by atoms with E-state index in [2.05, 4.69) is 15.3 Å². The molecule has 0 radical (unpaired) electrons. The fraction of sp³-hybridized carbons (Fsp3) is 0.0741. The summed E-state index contributed by atoms with van der Waals surface area (Å²) in [6, 6.07) is 20.6. The smallest absolute Gasteiger partial charge is 0.358 e. The molecule has 0 bridgehead atoms. The van der Waals surface area contributed by atoms with Gasteiger partial charge in [-0.25, -0.2) is 9.97 Å². The van der Waals surface area contributed by atoms with E-state index in [9.17, 15) is 18.0 Å². The quantitative estimate of drug-likeness (QED) is 0.266. The topological polar surface area (TPSA) is 70.7 Å². The molecule has 36 heavy (non-hydrogen) atoms. The van der Waals surface area contributed by atoms with Gasteiger partial charge in [0.1, 0.15) is 5.82 Å². The number of alkyl halides is 3. The molecular formula is C27H18ClF3N4O. The normalized spacial score (nSPS) is 11.6. The summed E-state index contributed by atoms with van der Waals surface area (Å²) in [5, 5.41) is 3.29. The van der Waals surface area contributed by atoms with Crippen molar-refractivity contribution in [1.29, 1.82) is 0 Å². The zero-order valence-corrected chi connectivity index (χ0v) is 19.4. The number of halogens is 4.